The standard InChI is InChI=1S/C14H21NS/c1-11-7-8-14(15-9-10-16-2)13-6-4-3-5-12(11)13/h3-6,11,14-15H,7-10H2,1-2H3. The van der Waals surface area contributed by atoms with Gasteiger partial charge in [-0.05, 0) is 36.1 Å². The smallest absolute Gasteiger partial charge is 0.0323 e. The summed E-state index contributed by atoms with van der Waals surface area (Å²) in [6.45, 7) is 3.46. The van der Waals surface area contributed by atoms with Gasteiger partial charge in [-0.3, -0.25) is 0 Å². The topological polar surface area (TPSA) is 12.0 Å². The molecule has 0 saturated heterocycles. The van der Waals surface area contributed by atoms with E-state index in [0.717, 1.165) is 12.5 Å². The van der Waals surface area contributed by atoms with Crippen molar-refractivity contribution in [2.75, 3.05) is 18.6 Å². The molecule has 0 amide bonds. The summed E-state index contributed by atoms with van der Waals surface area (Å²) in [6, 6.07) is 9.50. The van der Waals surface area contributed by atoms with Crippen LogP contribution in [0, 0.1) is 0 Å². The minimum Gasteiger partial charge on any atom is -0.309 e. The van der Waals surface area contributed by atoms with E-state index >= 15 is 0 Å². The lowest BCUT2D eigenvalue weighted by molar-refractivity contribution is 0.442. The summed E-state index contributed by atoms with van der Waals surface area (Å²) < 4.78 is 0. The second-order valence-corrected chi connectivity index (χ2v) is 5.59. The average Bonchev–Trinajstić information content (AvgIpc) is 2.33. The van der Waals surface area contributed by atoms with Crippen LogP contribution in [0.15, 0.2) is 24.3 Å². The Bertz CT molecular complexity index is 337. The average molecular weight is 235 g/mol. The van der Waals surface area contributed by atoms with E-state index in [2.05, 4.69) is 42.8 Å². The quantitative estimate of drug-likeness (QED) is 0.801. The van der Waals surface area contributed by atoms with E-state index < -0.39 is 0 Å². The fraction of sp³-hybridized carbons (Fsp3) is 0.571. The first-order valence-corrected chi connectivity index (χ1v) is 7.53. The maximum atomic E-state index is 3.68. The molecule has 1 aliphatic carbocycles. The molecule has 0 saturated carbocycles. The molecule has 88 valence electrons. The fourth-order valence-corrected chi connectivity index (χ4v) is 2.87. The van der Waals surface area contributed by atoms with Gasteiger partial charge in [0.25, 0.3) is 0 Å². The molecule has 16 heavy (non-hydrogen) atoms. The molecule has 0 spiro atoms. The predicted molar refractivity (Wildman–Crippen MR) is 73.2 cm³/mol. The minimum absolute atomic E-state index is 0.583. The molecule has 2 rings (SSSR count). The lowest BCUT2D eigenvalue weighted by atomic mass is 9.81. The molecule has 2 unspecified atom stereocenters. The number of benzene rings is 1. The normalized spacial score (nSPS) is 24.1. The van der Waals surface area contributed by atoms with E-state index in [9.17, 15) is 0 Å². The van der Waals surface area contributed by atoms with Crippen LogP contribution in [0.1, 0.15) is 42.9 Å². The number of thioether (sulfide) groups is 1. The summed E-state index contributed by atoms with van der Waals surface area (Å²) in [5.74, 6) is 1.93. The third-order valence-corrected chi connectivity index (χ3v) is 4.10. The third-order valence-electron chi connectivity index (χ3n) is 3.49. The molecule has 1 aliphatic rings. The second kappa shape index (κ2) is 5.74. The number of fused-ring (bicyclic) bond motifs is 1. The summed E-state index contributed by atoms with van der Waals surface area (Å²) >= 11 is 1.91. The highest BCUT2D eigenvalue weighted by molar-refractivity contribution is 7.98. The molecule has 1 aromatic rings. The number of nitrogens with one attached hydrogen (secondary N) is 1. The van der Waals surface area contributed by atoms with Gasteiger partial charge < -0.3 is 5.32 Å². The molecule has 0 radical (unpaired) electrons. The maximum Gasteiger partial charge on any atom is 0.0323 e. The fourth-order valence-electron chi connectivity index (χ4n) is 2.55. The van der Waals surface area contributed by atoms with Gasteiger partial charge in [-0.25, -0.2) is 0 Å². The Morgan fingerprint density at radius 1 is 1.25 bits per heavy atom. The first kappa shape index (κ1) is 12.0. The van der Waals surface area contributed by atoms with Crippen molar-refractivity contribution in [2.45, 2.75) is 31.7 Å². The van der Waals surface area contributed by atoms with Gasteiger partial charge in [0, 0.05) is 18.3 Å². The van der Waals surface area contributed by atoms with Crippen molar-refractivity contribution in [1.29, 1.82) is 0 Å². The predicted octanol–water partition coefficient (Wildman–Crippen LogP) is 3.58. The molecule has 0 heterocycles. The van der Waals surface area contributed by atoms with Crippen LogP contribution in [0.2, 0.25) is 0 Å². The van der Waals surface area contributed by atoms with Crippen molar-refractivity contribution in [2.24, 2.45) is 0 Å². The highest BCUT2D eigenvalue weighted by Gasteiger charge is 2.23. The Morgan fingerprint density at radius 3 is 2.75 bits per heavy atom. The molecule has 0 bridgehead atoms. The summed E-state index contributed by atoms with van der Waals surface area (Å²) in [5, 5.41) is 3.68. The van der Waals surface area contributed by atoms with Gasteiger partial charge in [-0.2, -0.15) is 11.8 Å². The monoisotopic (exact) mass is 235 g/mol. The summed E-state index contributed by atoms with van der Waals surface area (Å²) in [4.78, 5) is 0. The van der Waals surface area contributed by atoms with Crippen LogP contribution < -0.4 is 5.32 Å². The molecule has 1 aromatic carbocycles. The van der Waals surface area contributed by atoms with E-state index in [1.54, 1.807) is 5.56 Å². The third kappa shape index (κ3) is 2.61. The highest BCUT2D eigenvalue weighted by Crippen LogP contribution is 2.36. The van der Waals surface area contributed by atoms with Crippen LogP contribution >= 0.6 is 11.8 Å². The van der Waals surface area contributed by atoms with Crippen molar-refractivity contribution in [3.63, 3.8) is 0 Å². The second-order valence-electron chi connectivity index (χ2n) is 4.61. The van der Waals surface area contributed by atoms with Crippen molar-refractivity contribution in [3.8, 4) is 0 Å². The lowest BCUT2D eigenvalue weighted by Crippen LogP contribution is -2.27. The van der Waals surface area contributed by atoms with Crippen LogP contribution in [-0.4, -0.2) is 18.6 Å². The van der Waals surface area contributed by atoms with Crippen molar-refractivity contribution in [3.05, 3.63) is 35.4 Å². The Balaban J connectivity index is 2.09. The Morgan fingerprint density at radius 2 is 2.00 bits per heavy atom. The van der Waals surface area contributed by atoms with Gasteiger partial charge in [-0.1, -0.05) is 31.2 Å². The highest BCUT2D eigenvalue weighted by atomic mass is 32.2. The van der Waals surface area contributed by atoms with Crippen LogP contribution in [-0.2, 0) is 0 Å². The molecule has 1 nitrogen and oxygen atoms in total. The molecule has 1 N–H and O–H groups in total. The first-order chi connectivity index (χ1) is 7.83. The van der Waals surface area contributed by atoms with E-state index in [-0.39, 0.29) is 0 Å². The lowest BCUT2D eigenvalue weighted by Gasteiger charge is -2.30. The van der Waals surface area contributed by atoms with Crippen LogP contribution in [0.25, 0.3) is 0 Å². The van der Waals surface area contributed by atoms with Crippen molar-refractivity contribution >= 4 is 11.8 Å². The number of hydrogen-bond acceptors (Lipinski definition) is 2. The Kier molecular flexibility index (Phi) is 4.30. The molecular weight excluding hydrogens is 214 g/mol. The molecule has 2 atom stereocenters. The van der Waals surface area contributed by atoms with Gasteiger partial charge in [0.15, 0.2) is 0 Å². The van der Waals surface area contributed by atoms with Gasteiger partial charge in [-0.15, -0.1) is 0 Å². The zero-order valence-corrected chi connectivity index (χ0v) is 11.0. The maximum absolute atomic E-state index is 3.68. The summed E-state index contributed by atoms with van der Waals surface area (Å²) in [6.07, 6.45) is 4.76. The summed E-state index contributed by atoms with van der Waals surface area (Å²) in [5.41, 5.74) is 3.08. The molecule has 0 fully saturated rings. The molecule has 0 aromatic heterocycles. The Hall–Kier alpha value is -0.470. The van der Waals surface area contributed by atoms with Gasteiger partial charge in [0.1, 0.15) is 0 Å². The number of hydrogen-bond donors (Lipinski definition) is 1. The zero-order valence-electron chi connectivity index (χ0n) is 10.2. The zero-order chi connectivity index (χ0) is 11.4. The van der Waals surface area contributed by atoms with E-state index in [1.807, 2.05) is 11.8 Å². The molecular formula is C14H21NS. The largest absolute Gasteiger partial charge is 0.309 e. The first-order valence-electron chi connectivity index (χ1n) is 6.14. The van der Waals surface area contributed by atoms with Crippen LogP contribution in [0.3, 0.4) is 0 Å². The van der Waals surface area contributed by atoms with E-state index in [4.69, 9.17) is 0 Å². The SMILES string of the molecule is CSCCNC1CCC(C)c2ccccc21. The van der Waals surface area contributed by atoms with Crippen molar-refractivity contribution < 1.29 is 0 Å². The van der Waals surface area contributed by atoms with Gasteiger partial charge >= 0.3 is 0 Å². The summed E-state index contributed by atoms with van der Waals surface area (Å²) in [7, 11) is 0. The van der Waals surface area contributed by atoms with E-state index in [1.165, 1.54) is 24.2 Å². The van der Waals surface area contributed by atoms with Gasteiger partial charge in [0.2, 0.25) is 0 Å². The Labute approximate surface area is 103 Å². The van der Waals surface area contributed by atoms with E-state index in [0.29, 0.717) is 6.04 Å². The van der Waals surface area contributed by atoms with Crippen LogP contribution in [0.4, 0.5) is 0 Å². The number of rotatable bonds is 4. The minimum atomic E-state index is 0.583. The molecule has 2 heteroatoms. The molecule has 0 aliphatic heterocycles. The van der Waals surface area contributed by atoms with Gasteiger partial charge in [0.05, 0.1) is 0 Å². The van der Waals surface area contributed by atoms with Crippen LogP contribution in [0.5, 0.6) is 0 Å². The van der Waals surface area contributed by atoms with Crippen molar-refractivity contribution in [1.82, 2.24) is 5.32 Å².